The highest BCUT2D eigenvalue weighted by molar-refractivity contribution is 7.86. The zero-order valence-electron chi connectivity index (χ0n) is 9.25. The van der Waals surface area contributed by atoms with Crippen LogP contribution in [-0.2, 0) is 10.2 Å². The van der Waals surface area contributed by atoms with Crippen molar-refractivity contribution in [2.75, 3.05) is 14.0 Å². The molecule has 7 heavy (non-hydrogen) atoms. The van der Waals surface area contributed by atoms with E-state index in [0.717, 1.165) is 0 Å². The molecule has 0 spiro atoms. The summed E-state index contributed by atoms with van der Waals surface area (Å²) in [6.07, 6.45) is 0. The summed E-state index contributed by atoms with van der Waals surface area (Å²) >= 11 is 0. The third-order valence-corrected chi connectivity index (χ3v) is 0.763. The van der Waals surface area contributed by atoms with Crippen molar-refractivity contribution in [3.8, 4) is 0 Å². The second-order valence-electron chi connectivity index (χ2n) is 0.809. The highest BCUT2D eigenvalue weighted by atomic mass is 32.2. The molecular weight excluding hydrogens is 116 g/mol. The summed E-state index contributed by atoms with van der Waals surface area (Å²) in [6.45, 7) is -6.61. The summed E-state index contributed by atoms with van der Waals surface area (Å²) in [5.41, 5.74) is 0. The molecule has 0 saturated heterocycles. The molecule has 0 aliphatic rings. The normalized spacial score (nSPS) is 28.9. The third kappa shape index (κ3) is 2.55. The lowest BCUT2D eigenvalue weighted by Crippen LogP contribution is -2.29. The van der Waals surface area contributed by atoms with E-state index in [1.165, 1.54) is 0 Å². The SMILES string of the molecule is [2H]C([2H])([2H])N(C([2H])([2H])[2H])S(N)(=O)=O. The van der Waals surface area contributed by atoms with E-state index in [2.05, 4.69) is 5.14 Å². The van der Waals surface area contributed by atoms with E-state index in [4.69, 9.17) is 8.22 Å². The minimum atomic E-state index is -4.77. The van der Waals surface area contributed by atoms with Gasteiger partial charge in [0.1, 0.15) is 0 Å². The van der Waals surface area contributed by atoms with Crippen molar-refractivity contribution in [3.63, 3.8) is 0 Å². The summed E-state index contributed by atoms with van der Waals surface area (Å²) in [4.78, 5) is 0. The maximum absolute atomic E-state index is 10.6. The van der Waals surface area contributed by atoms with E-state index < -0.39 is 28.5 Å². The van der Waals surface area contributed by atoms with Gasteiger partial charge >= 0.3 is 0 Å². The van der Waals surface area contributed by atoms with E-state index >= 15 is 0 Å². The fraction of sp³-hybridized carbons (Fsp3) is 1.00. The highest BCUT2D eigenvalue weighted by Crippen LogP contribution is 1.77. The van der Waals surface area contributed by atoms with Gasteiger partial charge in [0.05, 0.1) is 0 Å². The smallest absolute Gasteiger partial charge is 0.216 e. The zero-order chi connectivity index (χ0) is 11.1. The minimum Gasteiger partial charge on any atom is -0.216 e. The molecule has 0 heterocycles. The Kier molecular flexibility index (Phi) is 0.425. The molecule has 2 N–H and O–H groups in total. The van der Waals surface area contributed by atoms with Crippen LogP contribution in [0.4, 0.5) is 0 Å². The monoisotopic (exact) mass is 130 g/mol. The molecule has 0 amide bonds. The topological polar surface area (TPSA) is 63.4 Å². The van der Waals surface area contributed by atoms with E-state index in [1.54, 1.807) is 0 Å². The van der Waals surface area contributed by atoms with Crippen LogP contribution in [0.3, 0.4) is 0 Å². The third-order valence-electron chi connectivity index (χ3n) is 0.254. The molecule has 0 fully saturated rings. The first kappa shape index (κ1) is 1.68. The minimum absolute atomic E-state index is 0.688. The Morgan fingerprint density at radius 1 is 1.71 bits per heavy atom. The van der Waals surface area contributed by atoms with Gasteiger partial charge in [0.2, 0.25) is 0 Å². The molecule has 5 heteroatoms. The van der Waals surface area contributed by atoms with Gasteiger partial charge in [-0.1, -0.05) is 0 Å². The van der Waals surface area contributed by atoms with Gasteiger partial charge < -0.3 is 0 Å². The molecule has 0 radical (unpaired) electrons. The Morgan fingerprint density at radius 2 is 2.14 bits per heavy atom. The van der Waals surface area contributed by atoms with Crippen LogP contribution in [-0.4, -0.2) is 26.7 Å². The number of nitrogens with two attached hydrogens (primary N) is 1. The van der Waals surface area contributed by atoms with Crippen LogP contribution in [0.1, 0.15) is 8.22 Å². The first-order chi connectivity index (χ1) is 5.37. The lowest BCUT2D eigenvalue weighted by molar-refractivity contribution is 0.522. The fourth-order valence-electron chi connectivity index (χ4n) is 0. The number of hydrogen-bond acceptors (Lipinski definition) is 2. The molecule has 0 bridgehead atoms. The summed E-state index contributed by atoms with van der Waals surface area (Å²) in [5.74, 6) is 0. The average molecular weight is 130 g/mol. The van der Waals surface area contributed by atoms with E-state index in [0.29, 0.717) is 0 Å². The van der Waals surface area contributed by atoms with Crippen molar-refractivity contribution in [1.29, 1.82) is 0 Å². The van der Waals surface area contributed by atoms with Crippen molar-refractivity contribution in [2.45, 2.75) is 0 Å². The van der Waals surface area contributed by atoms with Crippen molar-refractivity contribution >= 4 is 10.2 Å². The van der Waals surface area contributed by atoms with Gasteiger partial charge in [-0.25, -0.2) is 5.14 Å². The summed E-state index contributed by atoms with van der Waals surface area (Å²) in [6, 6.07) is 0. The Labute approximate surface area is 51.5 Å². The molecular formula is C2H8N2O2S. The molecule has 44 valence electrons. The first-order valence-corrected chi connectivity index (χ1v) is 2.70. The predicted octanol–water partition coefficient (Wildman–Crippen LogP) is -1.25. The molecule has 0 saturated carbocycles. The molecule has 0 unspecified atom stereocenters. The highest BCUT2D eigenvalue weighted by Gasteiger charge is 2.01. The van der Waals surface area contributed by atoms with Gasteiger partial charge in [0, 0.05) is 22.2 Å². The maximum Gasteiger partial charge on any atom is 0.276 e. The molecule has 0 rings (SSSR count). The molecule has 0 aromatic heterocycles. The molecule has 4 nitrogen and oxygen atoms in total. The Hall–Kier alpha value is -0.130. The van der Waals surface area contributed by atoms with Crippen LogP contribution in [0, 0.1) is 0 Å². The van der Waals surface area contributed by atoms with Crippen LogP contribution in [0.5, 0.6) is 0 Å². The second-order valence-corrected chi connectivity index (χ2v) is 2.20. The second kappa shape index (κ2) is 1.77. The van der Waals surface area contributed by atoms with Crippen molar-refractivity contribution in [3.05, 3.63) is 0 Å². The molecule has 0 aromatic rings. The largest absolute Gasteiger partial charge is 0.276 e. The Morgan fingerprint density at radius 3 is 2.14 bits per heavy atom. The number of hydrogen-bond donors (Lipinski definition) is 1. The standard InChI is InChI=1S/C2H8N2O2S/c1-4(2)7(3,5)6/h1-2H3,(H2,3,5,6)/i1D3,2D3. The quantitative estimate of drug-likeness (QED) is 0.482. The Balaban J connectivity index is 5.28. The van der Waals surface area contributed by atoms with Crippen molar-refractivity contribution in [2.24, 2.45) is 5.14 Å². The lowest BCUT2D eigenvalue weighted by Gasteiger charge is -2.02. The first-order valence-electron chi connectivity index (χ1n) is 4.20. The fourth-order valence-corrected chi connectivity index (χ4v) is 0. The van der Waals surface area contributed by atoms with Gasteiger partial charge in [-0.2, -0.15) is 12.7 Å². The van der Waals surface area contributed by atoms with Gasteiger partial charge in [-0.15, -0.1) is 0 Å². The summed E-state index contributed by atoms with van der Waals surface area (Å²) < 4.78 is 60.4. The van der Waals surface area contributed by atoms with Gasteiger partial charge in [0.15, 0.2) is 0 Å². The zero-order valence-corrected chi connectivity index (χ0v) is 4.07. The predicted molar refractivity (Wildman–Crippen MR) is 26.8 cm³/mol. The maximum atomic E-state index is 10.6. The molecule has 0 aromatic carbocycles. The van der Waals surface area contributed by atoms with Gasteiger partial charge in [-0.3, -0.25) is 0 Å². The van der Waals surface area contributed by atoms with E-state index in [1.807, 2.05) is 0 Å². The average Bonchev–Trinajstić information content (AvgIpc) is 1.44. The summed E-state index contributed by atoms with van der Waals surface area (Å²) in [7, 11) is -4.77. The number of nitrogens with zero attached hydrogens (tertiary/aromatic N) is 1. The van der Waals surface area contributed by atoms with Crippen LogP contribution in [0.2, 0.25) is 0 Å². The number of rotatable bonds is 1. The van der Waals surface area contributed by atoms with Crippen molar-refractivity contribution in [1.82, 2.24) is 4.31 Å². The van der Waals surface area contributed by atoms with Gasteiger partial charge in [0.25, 0.3) is 10.2 Å². The summed E-state index contributed by atoms with van der Waals surface area (Å²) in [5, 5.41) is 4.43. The molecule has 0 atom stereocenters. The van der Waals surface area contributed by atoms with E-state index in [9.17, 15) is 8.42 Å². The lowest BCUT2D eigenvalue weighted by atomic mass is 11.3. The van der Waals surface area contributed by atoms with Gasteiger partial charge in [-0.05, 0) is 0 Å². The molecule has 0 aliphatic heterocycles. The van der Waals surface area contributed by atoms with Crippen LogP contribution >= 0.6 is 0 Å². The van der Waals surface area contributed by atoms with Crippen LogP contribution in [0.15, 0.2) is 0 Å². The Bertz CT molecular complexity index is 262. The van der Waals surface area contributed by atoms with Crippen LogP contribution in [0.25, 0.3) is 0 Å². The van der Waals surface area contributed by atoms with E-state index in [-0.39, 0.29) is 0 Å². The van der Waals surface area contributed by atoms with Crippen molar-refractivity contribution < 1.29 is 16.6 Å². The molecule has 0 aliphatic carbocycles. The van der Waals surface area contributed by atoms with Crippen LogP contribution < -0.4 is 5.14 Å².